The van der Waals surface area contributed by atoms with Gasteiger partial charge >= 0.3 is 0 Å². The molecule has 2 rings (SSSR count). The van der Waals surface area contributed by atoms with E-state index in [2.05, 4.69) is 4.72 Å². The minimum Gasteiger partial charge on any atom is -0.506 e. The zero-order valence-corrected chi connectivity index (χ0v) is 12.5. The van der Waals surface area contributed by atoms with E-state index in [4.69, 9.17) is 11.6 Å². The summed E-state index contributed by atoms with van der Waals surface area (Å²) < 4.78 is 39.2. The molecule has 2 aromatic rings. The van der Waals surface area contributed by atoms with Crippen molar-refractivity contribution in [3.63, 3.8) is 0 Å². The van der Waals surface area contributed by atoms with Crippen LogP contribution in [-0.4, -0.2) is 19.3 Å². The van der Waals surface area contributed by atoms with E-state index in [1.54, 1.807) is 0 Å². The molecule has 0 aromatic heterocycles. The Bertz CT molecular complexity index is 735. The van der Waals surface area contributed by atoms with Crippen molar-refractivity contribution in [3.05, 3.63) is 58.9 Å². The van der Waals surface area contributed by atoms with Gasteiger partial charge in [-0.1, -0.05) is 41.9 Å². The highest BCUT2D eigenvalue weighted by atomic mass is 35.5. The monoisotopic (exact) mass is 329 g/mol. The van der Waals surface area contributed by atoms with Crippen molar-refractivity contribution in [1.82, 2.24) is 0 Å². The van der Waals surface area contributed by atoms with Crippen molar-refractivity contribution < 1.29 is 17.9 Å². The van der Waals surface area contributed by atoms with E-state index >= 15 is 0 Å². The summed E-state index contributed by atoms with van der Waals surface area (Å²) in [6.07, 6.45) is 0.325. The van der Waals surface area contributed by atoms with E-state index in [-0.39, 0.29) is 16.5 Å². The van der Waals surface area contributed by atoms with Gasteiger partial charge in [0.05, 0.1) is 16.5 Å². The largest absolute Gasteiger partial charge is 0.506 e. The predicted octanol–water partition coefficient (Wildman–Crippen LogP) is 3.17. The van der Waals surface area contributed by atoms with Crippen molar-refractivity contribution in [2.45, 2.75) is 6.42 Å². The molecular weight excluding hydrogens is 317 g/mol. The second-order valence-corrected chi connectivity index (χ2v) is 6.69. The quantitative estimate of drug-likeness (QED) is 0.828. The van der Waals surface area contributed by atoms with Gasteiger partial charge < -0.3 is 5.11 Å². The van der Waals surface area contributed by atoms with Crippen LogP contribution in [0.5, 0.6) is 5.75 Å². The van der Waals surface area contributed by atoms with Crippen LogP contribution in [0.1, 0.15) is 5.56 Å². The van der Waals surface area contributed by atoms with Crippen LogP contribution in [0.4, 0.5) is 10.1 Å². The first kappa shape index (κ1) is 15.6. The number of halogens is 2. The van der Waals surface area contributed by atoms with Gasteiger partial charge in [-0.25, -0.2) is 12.8 Å². The van der Waals surface area contributed by atoms with Crippen molar-refractivity contribution >= 4 is 27.3 Å². The second-order valence-electron chi connectivity index (χ2n) is 4.44. The first-order valence-electron chi connectivity index (χ1n) is 6.10. The molecule has 0 saturated carbocycles. The average Bonchev–Trinajstić information content (AvgIpc) is 2.44. The number of rotatable bonds is 5. The van der Waals surface area contributed by atoms with Crippen LogP contribution >= 0.6 is 11.6 Å². The number of nitrogens with one attached hydrogen (secondary N) is 1. The maximum Gasteiger partial charge on any atom is 0.233 e. The maximum atomic E-state index is 13.1. The minimum atomic E-state index is -3.68. The van der Waals surface area contributed by atoms with Crippen molar-refractivity contribution in [1.29, 1.82) is 0 Å². The normalized spacial score (nSPS) is 11.3. The Morgan fingerprint density at radius 1 is 1.19 bits per heavy atom. The number of aryl methyl sites for hydroxylation is 1. The van der Waals surface area contributed by atoms with Crippen molar-refractivity contribution in [2.24, 2.45) is 0 Å². The van der Waals surface area contributed by atoms with Crippen molar-refractivity contribution in [2.75, 3.05) is 10.5 Å². The summed E-state index contributed by atoms with van der Waals surface area (Å²) in [7, 11) is -3.68. The van der Waals surface area contributed by atoms with E-state index in [9.17, 15) is 17.9 Å². The van der Waals surface area contributed by atoms with Crippen LogP contribution in [0.25, 0.3) is 0 Å². The number of anilines is 1. The van der Waals surface area contributed by atoms with Gasteiger partial charge in [0.25, 0.3) is 0 Å². The number of hydrogen-bond donors (Lipinski definition) is 2. The summed E-state index contributed by atoms with van der Waals surface area (Å²) in [4.78, 5) is 0. The molecule has 0 unspecified atom stereocenters. The third-order valence-electron chi connectivity index (χ3n) is 2.81. The highest BCUT2D eigenvalue weighted by Gasteiger charge is 2.15. The Labute approximate surface area is 127 Å². The fourth-order valence-electron chi connectivity index (χ4n) is 1.73. The molecule has 112 valence electrons. The molecular formula is C14H13ClFNO3S. The lowest BCUT2D eigenvalue weighted by molar-refractivity contribution is 0.471. The van der Waals surface area contributed by atoms with Gasteiger partial charge in [0.2, 0.25) is 10.0 Å². The summed E-state index contributed by atoms with van der Waals surface area (Å²) in [5.74, 6) is -1.49. The average molecular weight is 330 g/mol. The highest BCUT2D eigenvalue weighted by Crippen LogP contribution is 2.30. The Balaban J connectivity index is 2.09. The standard InChI is InChI=1S/C14H13ClFNO3S/c15-11-8-13(14(18)9-12(11)16)17-21(19,20)7-6-10-4-2-1-3-5-10/h1-5,8-9,17-18H,6-7H2. The summed E-state index contributed by atoms with van der Waals surface area (Å²) in [6, 6.07) is 10.9. The third kappa shape index (κ3) is 4.34. The predicted molar refractivity (Wildman–Crippen MR) is 80.6 cm³/mol. The molecule has 7 heteroatoms. The molecule has 21 heavy (non-hydrogen) atoms. The minimum absolute atomic E-state index is 0.144. The molecule has 0 heterocycles. The van der Waals surface area contributed by atoms with Gasteiger partial charge in [-0.05, 0) is 18.1 Å². The molecule has 0 saturated heterocycles. The lowest BCUT2D eigenvalue weighted by atomic mass is 10.2. The number of aromatic hydroxyl groups is 1. The molecule has 2 N–H and O–H groups in total. The Kier molecular flexibility index (Phi) is 4.69. The van der Waals surface area contributed by atoms with E-state index in [0.29, 0.717) is 6.42 Å². The van der Waals surface area contributed by atoms with E-state index in [1.807, 2.05) is 30.3 Å². The number of phenols is 1. The molecule has 0 aliphatic carbocycles. The van der Waals surface area contributed by atoms with Gasteiger partial charge in [-0.2, -0.15) is 0 Å². The molecule has 0 radical (unpaired) electrons. The van der Waals surface area contributed by atoms with Gasteiger partial charge in [-0.15, -0.1) is 0 Å². The van der Waals surface area contributed by atoms with Gasteiger partial charge in [0.1, 0.15) is 11.6 Å². The number of benzene rings is 2. The smallest absolute Gasteiger partial charge is 0.233 e. The van der Waals surface area contributed by atoms with E-state index in [0.717, 1.165) is 17.7 Å². The first-order chi connectivity index (χ1) is 9.87. The molecule has 0 aliphatic heterocycles. The maximum absolute atomic E-state index is 13.1. The topological polar surface area (TPSA) is 66.4 Å². The fourth-order valence-corrected chi connectivity index (χ4v) is 3.00. The van der Waals surface area contributed by atoms with Crippen LogP contribution in [-0.2, 0) is 16.4 Å². The lowest BCUT2D eigenvalue weighted by Gasteiger charge is -2.10. The van der Waals surface area contributed by atoms with Crippen LogP contribution in [0.3, 0.4) is 0 Å². The molecule has 0 spiro atoms. The Morgan fingerprint density at radius 3 is 2.52 bits per heavy atom. The third-order valence-corrected chi connectivity index (χ3v) is 4.37. The van der Waals surface area contributed by atoms with Crippen LogP contribution < -0.4 is 4.72 Å². The lowest BCUT2D eigenvalue weighted by Crippen LogP contribution is -2.18. The number of hydrogen-bond acceptors (Lipinski definition) is 3. The summed E-state index contributed by atoms with van der Waals surface area (Å²) in [6.45, 7) is 0. The Hall–Kier alpha value is -1.79. The molecule has 0 amide bonds. The van der Waals surface area contributed by atoms with Crippen LogP contribution in [0.2, 0.25) is 5.02 Å². The van der Waals surface area contributed by atoms with Crippen LogP contribution in [0, 0.1) is 5.82 Å². The molecule has 0 atom stereocenters. The number of phenolic OH excluding ortho intramolecular Hbond substituents is 1. The molecule has 4 nitrogen and oxygen atoms in total. The van der Waals surface area contributed by atoms with E-state index in [1.165, 1.54) is 0 Å². The van der Waals surface area contributed by atoms with Gasteiger partial charge in [0.15, 0.2) is 0 Å². The Morgan fingerprint density at radius 2 is 1.86 bits per heavy atom. The second kappa shape index (κ2) is 6.32. The molecule has 2 aromatic carbocycles. The fraction of sp³-hybridized carbons (Fsp3) is 0.143. The zero-order valence-electron chi connectivity index (χ0n) is 10.9. The first-order valence-corrected chi connectivity index (χ1v) is 8.13. The SMILES string of the molecule is O=S(=O)(CCc1ccccc1)Nc1cc(Cl)c(F)cc1O. The number of sulfonamides is 1. The molecule has 0 aliphatic rings. The highest BCUT2D eigenvalue weighted by molar-refractivity contribution is 7.92. The van der Waals surface area contributed by atoms with E-state index < -0.39 is 21.6 Å². The molecule has 0 bridgehead atoms. The van der Waals surface area contributed by atoms with Gasteiger partial charge in [0, 0.05) is 6.07 Å². The zero-order chi connectivity index (χ0) is 15.5. The van der Waals surface area contributed by atoms with Gasteiger partial charge in [-0.3, -0.25) is 4.72 Å². The molecule has 0 fully saturated rings. The summed E-state index contributed by atoms with van der Waals surface area (Å²) in [5.41, 5.74) is 0.735. The summed E-state index contributed by atoms with van der Waals surface area (Å²) >= 11 is 5.57. The summed E-state index contributed by atoms with van der Waals surface area (Å²) in [5, 5.41) is 9.27. The van der Waals surface area contributed by atoms with Crippen LogP contribution in [0.15, 0.2) is 42.5 Å². The van der Waals surface area contributed by atoms with Crippen molar-refractivity contribution in [3.8, 4) is 5.75 Å².